The molecule has 0 N–H and O–H groups in total. The summed E-state index contributed by atoms with van der Waals surface area (Å²) in [6.07, 6.45) is 8.48. The summed E-state index contributed by atoms with van der Waals surface area (Å²) in [5.41, 5.74) is 0. The van der Waals surface area contributed by atoms with Gasteiger partial charge in [-0.3, -0.25) is 4.79 Å². The Morgan fingerprint density at radius 2 is 1.58 bits per heavy atom. The van der Waals surface area contributed by atoms with Gasteiger partial charge in [0.25, 0.3) is 0 Å². The summed E-state index contributed by atoms with van der Waals surface area (Å²) in [6.45, 7) is 4.79. The van der Waals surface area contributed by atoms with Gasteiger partial charge in [-0.1, -0.05) is 49.2 Å². The molecule has 3 aliphatic rings. The van der Waals surface area contributed by atoms with Crippen molar-refractivity contribution < 1.29 is 17.9 Å². The van der Waals surface area contributed by atoms with Gasteiger partial charge in [-0.25, -0.2) is 8.42 Å². The number of carbonyl (C=O) groups is 1. The topological polar surface area (TPSA) is 70.2 Å². The van der Waals surface area contributed by atoms with Gasteiger partial charge in [-0.05, 0) is 63.1 Å². The Labute approximate surface area is 215 Å². The van der Waals surface area contributed by atoms with E-state index in [0.717, 1.165) is 69.1 Å². The summed E-state index contributed by atoms with van der Waals surface area (Å²) in [4.78, 5) is 17.9. The first-order valence-corrected chi connectivity index (χ1v) is 15.1. The van der Waals surface area contributed by atoms with E-state index < -0.39 is 10.0 Å². The van der Waals surface area contributed by atoms with E-state index in [1.165, 1.54) is 19.3 Å². The Morgan fingerprint density at radius 1 is 0.833 bits per heavy atom. The molecule has 196 valence electrons. The molecule has 0 bridgehead atoms. The van der Waals surface area contributed by atoms with Gasteiger partial charge in [0.2, 0.25) is 15.9 Å². The van der Waals surface area contributed by atoms with Crippen LogP contribution in [0.3, 0.4) is 0 Å². The standard InChI is InChI=1S/C28H39N3O4S/c32-28(30-18-9-13-24(30)20-29-16-5-1-6-17-29)22-35-21-25-12-4-7-19-31(25)36(33,34)27-15-8-11-23-10-2-3-14-26(23)27/h2-3,8,10-11,14-15,24-25H,1,4-7,9,12-13,16-22H2. The molecule has 2 unspecified atom stereocenters. The number of hydrogen-bond acceptors (Lipinski definition) is 5. The van der Waals surface area contributed by atoms with Gasteiger partial charge in [0, 0.05) is 37.1 Å². The third kappa shape index (κ3) is 5.62. The number of rotatable bonds is 8. The number of benzene rings is 2. The molecule has 3 heterocycles. The molecule has 0 saturated carbocycles. The third-order valence-electron chi connectivity index (χ3n) is 8.06. The lowest BCUT2D eigenvalue weighted by Crippen LogP contribution is -2.47. The quantitative estimate of drug-likeness (QED) is 0.536. The van der Waals surface area contributed by atoms with Crippen molar-refractivity contribution in [3.05, 3.63) is 42.5 Å². The summed E-state index contributed by atoms with van der Waals surface area (Å²) >= 11 is 0. The average molecular weight is 514 g/mol. The second kappa shape index (κ2) is 11.6. The molecule has 36 heavy (non-hydrogen) atoms. The van der Waals surface area contributed by atoms with E-state index in [4.69, 9.17) is 4.74 Å². The Balaban J connectivity index is 1.21. The molecule has 5 rings (SSSR count). The summed E-state index contributed by atoms with van der Waals surface area (Å²) in [6, 6.07) is 13.1. The van der Waals surface area contributed by atoms with Gasteiger partial charge in [0.15, 0.2) is 0 Å². The lowest BCUT2D eigenvalue weighted by atomic mass is 10.1. The fraction of sp³-hybridized carbons (Fsp3) is 0.607. The molecule has 0 spiro atoms. The third-order valence-corrected chi connectivity index (χ3v) is 10.1. The van der Waals surface area contributed by atoms with E-state index >= 15 is 0 Å². The minimum atomic E-state index is -3.68. The number of carbonyl (C=O) groups excluding carboxylic acids is 1. The van der Waals surface area contributed by atoms with Gasteiger partial charge < -0.3 is 14.5 Å². The van der Waals surface area contributed by atoms with Crippen LogP contribution in [0.2, 0.25) is 0 Å². The molecule has 1 amide bonds. The highest BCUT2D eigenvalue weighted by molar-refractivity contribution is 7.89. The van der Waals surface area contributed by atoms with Crippen molar-refractivity contribution in [3.63, 3.8) is 0 Å². The fourth-order valence-corrected chi connectivity index (χ4v) is 8.06. The van der Waals surface area contributed by atoms with Crippen LogP contribution in [0.15, 0.2) is 47.4 Å². The van der Waals surface area contributed by atoms with Crippen LogP contribution in [0, 0.1) is 0 Å². The lowest BCUT2D eigenvalue weighted by Gasteiger charge is -2.35. The molecule has 3 aliphatic heterocycles. The van der Waals surface area contributed by atoms with Crippen LogP contribution in [0.1, 0.15) is 51.4 Å². The van der Waals surface area contributed by atoms with Crippen LogP contribution in [0.4, 0.5) is 0 Å². The Morgan fingerprint density at radius 3 is 2.44 bits per heavy atom. The van der Waals surface area contributed by atoms with Crippen molar-refractivity contribution >= 4 is 26.7 Å². The molecule has 8 heteroatoms. The number of ether oxygens (including phenoxy) is 1. The molecule has 0 aromatic heterocycles. The largest absolute Gasteiger partial charge is 0.370 e. The van der Waals surface area contributed by atoms with Crippen molar-refractivity contribution in [2.45, 2.75) is 68.3 Å². The number of fused-ring (bicyclic) bond motifs is 1. The summed E-state index contributed by atoms with van der Waals surface area (Å²) < 4.78 is 35.0. The van der Waals surface area contributed by atoms with Gasteiger partial charge in [0.1, 0.15) is 6.61 Å². The van der Waals surface area contributed by atoms with E-state index in [2.05, 4.69) is 4.90 Å². The second-order valence-electron chi connectivity index (χ2n) is 10.5. The van der Waals surface area contributed by atoms with Gasteiger partial charge >= 0.3 is 0 Å². The minimum absolute atomic E-state index is 0.0230. The van der Waals surface area contributed by atoms with E-state index in [1.807, 2.05) is 35.2 Å². The van der Waals surface area contributed by atoms with Crippen LogP contribution >= 0.6 is 0 Å². The van der Waals surface area contributed by atoms with Crippen LogP contribution < -0.4 is 0 Å². The van der Waals surface area contributed by atoms with Crippen molar-refractivity contribution in [1.82, 2.24) is 14.1 Å². The van der Waals surface area contributed by atoms with Gasteiger partial charge in [-0.15, -0.1) is 0 Å². The minimum Gasteiger partial charge on any atom is -0.370 e. The van der Waals surface area contributed by atoms with E-state index in [9.17, 15) is 13.2 Å². The predicted molar refractivity (Wildman–Crippen MR) is 141 cm³/mol. The summed E-state index contributed by atoms with van der Waals surface area (Å²) in [7, 11) is -3.68. The highest BCUT2D eigenvalue weighted by atomic mass is 32.2. The Kier molecular flexibility index (Phi) is 8.25. The molecule has 0 radical (unpaired) electrons. The van der Waals surface area contributed by atoms with Gasteiger partial charge in [0.05, 0.1) is 11.5 Å². The zero-order valence-corrected chi connectivity index (χ0v) is 22.0. The lowest BCUT2D eigenvalue weighted by molar-refractivity contribution is -0.137. The Hall–Kier alpha value is -2.00. The van der Waals surface area contributed by atoms with Crippen LogP contribution in [0.25, 0.3) is 10.8 Å². The van der Waals surface area contributed by atoms with E-state index in [1.54, 1.807) is 16.4 Å². The highest BCUT2D eigenvalue weighted by Gasteiger charge is 2.35. The van der Waals surface area contributed by atoms with Crippen molar-refractivity contribution in [3.8, 4) is 0 Å². The number of piperidine rings is 2. The van der Waals surface area contributed by atoms with Crippen molar-refractivity contribution in [1.29, 1.82) is 0 Å². The zero-order valence-electron chi connectivity index (χ0n) is 21.2. The zero-order chi connectivity index (χ0) is 25.0. The van der Waals surface area contributed by atoms with Crippen molar-refractivity contribution in [2.75, 3.05) is 45.9 Å². The van der Waals surface area contributed by atoms with Crippen LogP contribution in [0.5, 0.6) is 0 Å². The van der Waals surface area contributed by atoms with E-state index in [-0.39, 0.29) is 31.2 Å². The molecular weight excluding hydrogens is 474 g/mol. The summed E-state index contributed by atoms with van der Waals surface area (Å²) in [5, 5.41) is 1.66. The first kappa shape index (κ1) is 25.6. The maximum Gasteiger partial charge on any atom is 0.248 e. The van der Waals surface area contributed by atoms with Gasteiger partial charge in [-0.2, -0.15) is 4.31 Å². The highest BCUT2D eigenvalue weighted by Crippen LogP contribution is 2.30. The molecule has 2 aromatic carbocycles. The van der Waals surface area contributed by atoms with E-state index in [0.29, 0.717) is 11.4 Å². The molecule has 3 fully saturated rings. The monoisotopic (exact) mass is 513 g/mol. The molecule has 3 saturated heterocycles. The molecule has 0 aliphatic carbocycles. The summed E-state index contributed by atoms with van der Waals surface area (Å²) in [5.74, 6) is 0.0359. The SMILES string of the molecule is O=C(COCC1CCCCN1S(=O)(=O)c1cccc2ccccc12)N1CCCC1CN1CCCCC1. The number of hydrogen-bond donors (Lipinski definition) is 0. The smallest absolute Gasteiger partial charge is 0.248 e. The molecule has 2 atom stereocenters. The second-order valence-corrected chi connectivity index (χ2v) is 12.4. The number of sulfonamides is 1. The maximum atomic E-state index is 13.7. The molecule has 2 aromatic rings. The first-order chi connectivity index (χ1) is 17.5. The number of nitrogens with zero attached hydrogens (tertiary/aromatic N) is 3. The number of likely N-dealkylation sites (tertiary alicyclic amines) is 2. The average Bonchev–Trinajstić information content (AvgIpc) is 3.37. The van der Waals surface area contributed by atoms with Crippen molar-refractivity contribution in [2.24, 2.45) is 0 Å². The van der Waals surface area contributed by atoms with Crippen LogP contribution in [-0.2, 0) is 19.6 Å². The fourth-order valence-electron chi connectivity index (χ4n) is 6.16. The Bertz CT molecular complexity index is 1140. The normalized spacial score (nSPS) is 24.4. The van der Waals surface area contributed by atoms with Crippen LogP contribution in [-0.4, -0.2) is 86.5 Å². The first-order valence-electron chi connectivity index (χ1n) is 13.6. The maximum absolute atomic E-state index is 13.7. The predicted octanol–water partition coefficient (Wildman–Crippen LogP) is 3.88. The number of amides is 1. The molecule has 7 nitrogen and oxygen atoms in total. The molecular formula is C28H39N3O4S.